The Balaban J connectivity index is 1.74. The predicted molar refractivity (Wildman–Crippen MR) is 77.4 cm³/mol. The van der Waals surface area contributed by atoms with Gasteiger partial charge in [0.05, 0.1) is 7.05 Å². The van der Waals surface area contributed by atoms with Gasteiger partial charge in [0.2, 0.25) is 0 Å². The third-order valence-corrected chi connectivity index (χ3v) is 3.72. The molecule has 1 aliphatic carbocycles. The van der Waals surface area contributed by atoms with E-state index >= 15 is 0 Å². The summed E-state index contributed by atoms with van der Waals surface area (Å²) < 4.78 is 0. The zero-order chi connectivity index (χ0) is 13.9. The highest BCUT2D eigenvalue weighted by Crippen LogP contribution is 2.23. The van der Waals surface area contributed by atoms with Crippen LogP contribution in [0.15, 0.2) is 24.3 Å². The molecule has 0 amide bonds. The van der Waals surface area contributed by atoms with E-state index in [1.165, 1.54) is 28.8 Å². The van der Waals surface area contributed by atoms with Crippen LogP contribution in [0.2, 0.25) is 0 Å². The lowest BCUT2D eigenvalue weighted by Crippen LogP contribution is -2.25. The van der Waals surface area contributed by atoms with Crippen molar-refractivity contribution < 1.29 is 0 Å². The van der Waals surface area contributed by atoms with E-state index in [0.29, 0.717) is 5.92 Å². The molecule has 1 unspecified atom stereocenters. The molecule has 1 aromatic heterocycles. The summed E-state index contributed by atoms with van der Waals surface area (Å²) in [5, 5.41) is 16.0. The molecule has 5 nitrogen and oxygen atoms in total. The topological polar surface area (TPSA) is 55.6 Å². The summed E-state index contributed by atoms with van der Waals surface area (Å²) in [7, 11) is 1.81. The first kappa shape index (κ1) is 13.2. The molecule has 5 heteroatoms. The van der Waals surface area contributed by atoms with Gasteiger partial charge in [-0.1, -0.05) is 29.8 Å². The van der Waals surface area contributed by atoms with Gasteiger partial charge in [-0.3, -0.25) is 0 Å². The average Bonchev–Trinajstić information content (AvgIpc) is 3.17. The number of tetrazole rings is 1. The Morgan fingerprint density at radius 1 is 1.40 bits per heavy atom. The van der Waals surface area contributed by atoms with Gasteiger partial charge in [0.15, 0.2) is 5.82 Å². The molecule has 1 aromatic carbocycles. The number of rotatable bonds is 6. The molecule has 0 radical (unpaired) electrons. The van der Waals surface area contributed by atoms with E-state index in [9.17, 15) is 0 Å². The Labute approximate surface area is 119 Å². The minimum Gasteiger partial charge on any atom is -0.313 e. The van der Waals surface area contributed by atoms with Crippen LogP contribution in [0.25, 0.3) is 0 Å². The van der Waals surface area contributed by atoms with Gasteiger partial charge in [-0.2, -0.15) is 4.80 Å². The number of aryl methyl sites for hydroxylation is 2. The average molecular weight is 271 g/mol. The Hall–Kier alpha value is -1.75. The lowest BCUT2D eigenvalue weighted by atomic mass is 9.94. The van der Waals surface area contributed by atoms with Crippen molar-refractivity contribution in [3.05, 3.63) is 41.2 Å². The summed E-state index contributed by atoms with van der Waals surface area (Å²) in [5.41, 5.74) is 2.65. The Morgan fingerprint density at radius 3 is 2.90 bits per heavy atom. The first-order valence-corrected chi connectivity index (χ1v) is 7.23. The lowest BCUT2D eigenvalue weighted by Gasteiger charge is -2.17. The normalized spacial score (nSPS) is 16.3. The second kappa shape index (κ2) is 5.71. The van der Waals surface area contributed by atoms with Crippen LogP contribution < -0.4 is 5.32 Å². The quantitative estimate of drug-likeness (QED) is 0.867. The molecule has 1 atom stereocenters. The standard InChI is InChI=1S/C15H21N5/c1-11-4-3-5-12(8-11)13(10-16-14-6-7-14)9-15-17-19-20(2)18-15/h3-5,8,13-14,16H,6-7,9-10H2,1-2H3. The van der Waals surface area contributed by atoms with Crippen molar-refractivity contribution in [2.24, 2.45) is 7.05 Å². The van der Waals surface area contributed by atoms with Crippen LogP contribution in [0.5, 0.6) is 0 Å². The second-order valence-corrected chi connectivity index (χ2v) is 5.69. The number of aromatic nitrogens is 4. The van der Waals surface area contributed by atoms with E-state index in [4.69, 9.17) is 0 Å². The summed E-state index contributed by atoms with van der Waals surface area (Å²) >= 11 is 0. The number of nitrogens with one attached hydrogen (secondary N) is 1. The first-order chi connectivity index (χ1) is 9.70. The van der Waals surface area contributed by atoms with Crippen molar-refractivity contribution in [2.75, 3.05) is 6.54 Å². The smallest absolute Gasteiger partial charge is 0.175 e. The minimum absolute atomic E-state index is 0.402. The van der Waals surface area contributed by atoms with Crippen molar-refractivity contribution >= 4 is 0 Å². The van der Waals surface area contributed by atoms with E-state index in [1.807, 2.05) is 0 Å². The monoisotopic (exact) mass is 271 g/mol. The predicted octanol–water partition coefficient (Wildman–Crippen LogP) is 1.60. The van der Waals surface area contributed by atoms with E-state index in [-0.39, 0.29) is 0 Å². The number of hydrogen-bond donors (Lipinski definition) is 1. The van der Waals surface area contributed by atoms with Gasteiger partial charge in [0, 0.05) is 24.9 Å². The maximum atomic E-state index is 4.31. The van der Waals surface area contributed by atoms with E-state index < -0.39 is 0 Å². The van der Waals surface area contributed by atoms with Crippen LogP contribution in [0.3, 0.4) is 0 Å². The van der Waals surface area contributed by atoms with E-state index in [0.717, 1.165) is 24.8 Å². The van der Waals surface area contributed by atoms with Crippen LogP contribution in [0.1, 0.15) is 35.7 Å². The molecule has 0 saturated heterocycles. The van der Waals surface area contributed by atoms with Gasteiger partial charge in [0.25, 0.3) is 0 Å². The lowest BCUT2D eigenvalue weighted by molar-refractivity contribution is 0.563. The van der Waals surface area contributed by atoms with Gasteiger partial charge in [-0.25, -0.2) is 0 Å². The molecule has 0 bridgehead atoms. The van der Waals surface area contributed by atoms with Gasteiger partial charge >= 0.3 is 0 Å². The van der Waals surface area contributed by atoms with Crippen molar-refractivity contribution in [3.63, 3.8) is 0 Å². The largest absolute Gasteiger partial charge is 0.313 e. The first-order valence-electron chi connectivity index (χ1n) is 7.23. The van der Waals surface area contributed by atoms with Crippen molar-refractivity contribution in [1.82, 2.24) is 25.5 Å². The van der Waals surface area contributed by atoms with E-state index in [1.54, 1.807) is 7.05 Å². The summed E-state index contributed by atoms with van der Waals surface area (Å²) in [6.07, 6.45) is 3.45. The molecule has 1 N–H and O–H groups in total. The highest BCUT2D eigenvalue weighted by molar-refractivity contribution is 5.26. The summed E-state index contributed by atoms with van der Waals surface area (Å²) in [6, 6.07) is 9.43. The second-order valence-electron chi connectivity index (χ2n) is 5.69. The Kier molecular flexibility index (Phi) is 3.78. The summed E-state index contributed by atoms with van der Waals surface area (Å²) in [6.45, 7) is 3.11. The highest BCUT2D eigenvalue weighted by Gasteiger charge is 2.23. The van der Waals surface area contributed by atoms with E-state index in [2.05, 4.69) is 51.9 Å². The van der Waals surface area contributed by atoms with Gasteiger partial charge in [0.1, 0.15) is 0 Å². The minimum atomic E-state index is 0.402. The fraction of sp³-hybridized carbons (Fsp3) is 0.533. The number of hydrogen-bond acceptors (Lipinski definition) is 4. The fourth-order valence-electron chi connectivity index (χ4n) is 2.45. The molecule has 2 aromatic rings. The van der Waals surface area contributed by atoms with Crippen LogP contribution >= 0.6 is 0 Å². The number of nitrogens with zero attached hydrogens (tertiary/aromatic N) is 4. The third kappa shape index (κ3) is 3.42. The molecule has 106 valence electrons. The molecular formula is C15H21N5. The molecule has 1 saturated carbocycles. The Morgan fingerprint density at radius 2 is 2.25 bits per heavy atom. The molecule has 3 rings (SSSR count). The van der Waals surface area contributed by atoms with Crippen LogP contribution in [-0.4, -0.2) is 32.8 Å². The molecular weight excluding hydrogens is 250 g/mol. The van der Waals surface area contributed by atoms with Crippen molar-refractivity contribution in [3.8, 4) is 0 Å². The zero-order valence-electron chi connectivity index (χ0n) is 12.1. The number of benzene rings is 1. The molecule has 1 aliphatic rings. The van der Waals surface area contributed by atoms with Gasteiger partial charge in [-0.05, 0) is 30.5 Å². The summed E-state index contributed by atoms with van der Waals surface area (Å²) in [4.78, 5) is 1.52. The Bertz CT molecular complexity index is 573. The SMILES string of the molecule is Cc1cccc(C(CNC2CC2)Cc2nnn(C)n2)c1. The van der Waals surface area contributed by atoms with Gasteiger partial charge in [-0.15, -0.1) is 10.2 Å². The fourth-order valence-corrected chi connectivity index (χ4v) is 2.45. The highest BCUT2D eigenvalue weighted by atomic mass is 15.6. The van der Waals surface area contributed by atoms with Gasteiger partial charge < -0.3 is 5.32 Å². The maximum Gasteiger partial charge on any atom is 0.175 e. The molecule has 0 aliphatic heterocycles. The molecule has 1 heterocycles. The zero-order valence-corrected chi connectivity index (χ0v) is 12.1. The van der Waals surface area contributed by atoms with Crippen LogP contribution in [0, 0.1) is 6.92 Å². The molecule has 1 fully saturated rings. The molecule has 0 spiro atoms. The maximum absolute atomic E-state index is 4.31. The van der Waals surface area contributed by atoms with Crippen molar-refractivity contribution in [2.45, 2.75) is 38.1 Å². The van der Waals surface area contributed by atoms with Crippen molar-refractivity contribution in [1.29, 1.82) is 0 Å². The van der Waals surface area contributed by atoms with Crippen LogP contribution in [0.4, 0.5) is 0 Å². The summed E-state index contributed by atoms with van der Waals surface area (Å²) in [5.74, 6) is 1.22. The third-order valence-electron chi connectivity index (χ3n) is 3.72. The van der Waals surface area contributed by atoms with Crippen LogP contribution in [-0.2, 0) is 13.5 Å². The molecule has 20 heavy (non-hydrogen) atoms.